The van der Waals surface area contributed by atoms with Crippen LogP contribution in [0.3, 0.4) is 0 Å². The largest absolute Gasteiger partial charge is 0.339 e. The zero-order chi connectivity index (χ0) is 17.0. The molecule has 1 amide bonds. The van der Waals surface area contributed by atoms with Gasteiger partial charge in [-0.2, -0.15) is 4.31 Å². The molecule has 2 aromatic rings. The average molecular weight is 354 g/mol. The number of nitrogens with zero attached hydrogens (tertiary/aromatic N) is 4. The fourth-order valence-electron chi connectivity index (χ4n) is 1.89. The van der Waals surface area contributed by atoms with Crippen molar-refractivity contribution in [3.8, 4) is 0 Å². The number of carbonyl (C=O) groups excluding carboxylic acids is 1. The summed E-state index contributed by atoms with van der Waals surface area (Å²) >= 11 is 1.51. The summed E-state index contributed by atoms with van der Waals surface area (Å²) in [4.78, 5) is 21.8. The fourth-order valence-corrected chi connectivity index (χ4v) is 3.58. The Hall–Kier alpha value is -1.84. The van der Waals surface area contributed by atoms with E-state index in [9.17, 15) is 13.2 Å². The van der Waals surface area contributed by atoms with Gasteiger partial charge in [0.2, 0.25) is 15.9 Å². The Labute approximate surface area is 139 Å². The standard InChI is InChI=1S/C14H18N4O3S2/c1-11-16-12(10-22-11)8-17(2)14(19)9-18(3)23(20,21)13-5-4-6-15-7-13/h4-7,10H,8-9H2,1-3H3. The van der Waals surface area contributed by atoms with Gasteiger partial charge in [-0.05, 0) is 19.1 Å². The second-order valence-corrected chi connectivity index (χ2v) is 8.16. The Morgan fingerprint density at radius 2 is 2.09 bits per heavy atom. The predicted molar refractivity (Wildman–Crippen MR) is 87.4 cm³/mol. The van der Waals surface area contributed by atoms with Crippen molar-refractivity contribution >= 4 is 27.3 Å². The summed E-state index contributed by atoms with van der Waals surface area (Å²) in [7, 11) is -0.724. The number of hydrogen-bond donors (Lipinski definition) is 0. The first-order valence-electron chi connectivity index (χ1n) is 6.82. The lowest BCUT2D eigenvalue weighted by Crippen LogP contribution is -2.39. The number of likely N-dealkylation sites (N-methyl/N-ethyl adjacent to an activating group) is 2. The summed E-state index contributed by atoms with van der Waals surface area (Å²) < 4.78 is 25.7. The second-order valence-electron chi connectivity index (χ2n) is 5.06. The van der Waals surface area contributed by atoms with Gasteiger partial charge in [0.25, 0.3) is 0 Å². The normalized spacial score (nSPS) is 11.7. The minimum Gasteiger partial charge on any atom is -0.339 e. The first-order chi connectivity index (χ1) is 10.8. The molecule has 0 aliphatic carbocycles. The molecule has 0 saturated carbocycles. The van der Waals surface area contributed by atoms with Crippen molar-refractivity contribution in [2.75, 3.05) is 20.6 Å². The van der Waals surface area contributed by atoms with Gasteiger partial charge in [-0.1, -0.05) is 0 Å². The zero-order valence-corrected chi connectivity index (χ0v) is 14.8. The summed E-state index contributed by atoms with van der Waals surface area (Å²) in [5, 5.41) is 2.81. The molecule has 23 heavy (non-hydrogen) atoms. The molecule has 124 valence electrons. The molecule has 2 heterocycles. The molecule has 2 rings (SSSR count). The van der Waals surface area contributed by atoms with Crippen molar-refractivity contribution in [1.82, 2.24) is 19.2 Å². The van der Waals surface area contributed by atoms with Gasteiger partial charge in [-0.15, -0.1) is 11.3 Å². The van der Waals surface area contributed by atoms with Crippen LogP contribution < -0.4 is 0 Å². The summed E-state index contributed by atoms with van der Waals surface area (Å²) in [5.74, 6) is -0.300. The maximum Gasteiger partial charge on any atom is 0.244 e. The van der Waals surface area contributed by atoms with Crippen LogP contribution in [-0.2, 0) is 21.4 Å². The maximum absolute atomic E-state index is 12.4. The summed E-state index contributed by atoms with van der Waals surface area (Å²) in [6.45, 7) is 2.00. The highest BCUT2D eigenvalue weighted by Gasteiger charge is 2.24. The molecule has 0 fully saturated rings. The molecule has 0 spiro atoms. The van der Waals surface area contributed by atoms with E-state index in [4.69, 9.17) is 0 Å². The van der Waals surface area contributed by atoms with E-state index >= 15 is 0 Å². The molecular weight excluding hydrogens is 336 g/mol. The smallest absolute Gasteiger partial charge is 0.244 e. The van der Waals surface area contributed by atoms with Crippen LogP contribution in [0.25, 0.3) is 0 Å². The number of pyridine rings is 1. The number of rotatable bonds is 6. The lowest BCUT2D eigenvalue weighted by Gasteiger charge is -2.21. The molecule has 0 N–H and O–H groups in total. The van der Waals surface area contributed by atoms with Gasteiger partial charge in [0.05, 0.1) is 23.8 Å². The Bertz CT molecular complexity index is 774. The van der Waals surface area contributed by atoms with Gasteiger partial charge in [-0.3, -0.25) is 9.78 Å². The van der Waals surface area contributed by atoms with Crippen molar-refractivity contribution in [1.29, 1.82) is 0 Å². The van der Waals surface area contributed by atoms with Gasteiger partial charge in [0.15, 0.2) is 0 Å². The third-order valence-electron chi connectivity index (χ3n) is 3.19. The van der Waals surface area contributed by atoms with E-state index < -0.39 is 10.0 Å². The van der Waals surface area contributed by atoms with Crippen molar-refractivity contribution < 1.29 is 13.2 Å². The lowest BCUT2D eigenvalue weighted by molar-refractivity contribution is -0.130. The molecule has 0 aromatic carbocycles. The van der Waals surface area contributed by atoms with Crippen LogP contribution >= 0.6 is 11.3 Å². The monoisotopic (exact) mass is 354 g/mol. The summed E-state index contributed by atoms with van der Waals surface area (Å²) in [6.07, 6.45) is 2.76. The first-order valence-corrected chi connectivity index (χ1v) is 9.14. The molecule has 7 nitrogen and oxygen atoms in total. The van der Waals surface area contributed by atoms with E-state index in [0.717, 1.165) is 15.0 Å². The average Bonchev–Trinajstić information content (AvgIpc) is 2.93. The molecule has 0 aliphatic rings. The number of aryl methyl sites for hydroxylation is 1. The van der Waals surface area contributed by atoms with Gasteiger partial charge in [0, 0.05) is 31.9 Å². The van der Waals surface area contributed by atoms with Crippen molar-refractivity contribution in [3.63, 3.8) is 0 Å². The van der Waals surface area contributed by atoms with Crippen LogP contribution in [0.5, 0.6) is 0 Å². The Morgan fingerprint density at radius 3 is 2.65 bits per heavy atom. The van der Waals surface area contributed by atoms with Gasteiger partial charge < -0.3 is 4.90 Å². The highest BCUT2D eigenvalue weighted by Crippen LogP contribution is 2.13. The number of thiazole rings is 1. The van der Waals surface area contributed by atoms with Gasteiger partial charge in [-0.25, -0.2) is 13.4 Å². The number of sulfonamides is 1. The Kier molecular flexibility index (Phi) is 5.45. The van der Waals surface area contributed by atoms with Crippen LogP contribution in [-0.4, -0.2) is 54.1 Å². The zero-order valence-electron chi connectivity index (χ0n) is 13.1. The van der Waals surface area contributed by atoms with Crippen LogP contribution in [0.15, 0.2) is 34.8 Å². The van der Waals surface area contributed by atoms with Crippen LogP contribution in [0.4, 0.5) is 0 Å². The Morgan fingerprint density at radius 1 is 1.35 bits per heavy atom. The highest BCUT2D eigenvalue weighted by molar-refractivity contribution is 7.89. The second kappa shape index (κ2) is 7.16. The van der Waals surface area contributed by atoms with E-state index in [1.807, 2.05) is 12.3 Å². The first kappa shape index (κ1) is 17.5. The third kappa shape index (κ3) is 4.34. The number of amides is 1. The Balaban J connectivity index is 2.01. The number of hydrogen-bond acceptors (Lipinski definition) is 6. The van der Waals surface area contributed by atoms with Crippen molar-refractivity contribution in [3.05, 3.63) is 40.6 Å². The SMILES string of the molecule is Cc1nc(CN(C)C(=O)CN(C)S(=O)(=O)c2cccnc2)cs1. The van der Waals surface area contributed by atoms with Crippen LogP contribution in [0.1, 0.15) is 10.7 Å². The third-order valence-corrected chi connectivity index (χ3v) is 5.80. The van der Waals surface area contributed by atoms with E-state index in [-0.39, 0.29) is 17.3 Å². The van der Waals surface area contributed by atoms with E-state index in [2.05, 4.69) is 9.97 Å². The van der Waals surface area contributed by atoms with Crippen LogP contribution in [0.2, 0.25) is 0 Å². The maximum atomic E-state index is 12.4. The quantitative estimate of drug-likeness (QED) is 0.776. The molecule has 0 unspecified atom stereocenters. The molecule has 0 radical (unpaired) electrons. The minimum atomic E-state index is -3.73. The van der Waals surface area contributed by atoms with Crippen LogP contribution in [0, 0.1) is 6.92 Å². The molecule has 9 heteroatoms. The van der Waals surface area contributed by atoms with Crippen molar-refractivity contribution in [2.45, 2.75) is 18.4 Å². The lowest BCUT2D eigenvalue weighted by atomic mass is 10.4. The number of aromatic nitrogens is 2. The molecule has 2 aromatic heterocycles. The van der Waals surface area contributed by atoms with E-state index in [0.29, 0.717) is 6.54 Å². The summed E-state index contributed by atoms with van der Waals surface area (Å²) in [5.41, 5.74) is 0.793. The topological polar surface area (TPSA) is 83.5 Å². The molecule has 0 atom stereocenters. The number of carbonyl (C=O) groups is 1. The molecule has 0 aliphatic heterocycles. The fraction of sp³-hybridized carbons (Fsp3) is 0.357. The van der Waals surface area contributed by atoms with E-state index in [1.54, 1.807) is 13.1 Å². The summed E-state index contributed by atoms with van der Waals surface area (Å²) in [6, 6.07) is 2.99. The highest BCUT2D eigenvalue weighted by atomic mass is 32.2. The molecule has 0 bridgehead atoms. The van der Waals surface area contributed by atoms with E-state index in [1.165, 1.54) is 41.7 Å². The molecule has 0 saturated heterocycles. The predicted octanol–water partition coefficient (Wildman–Crippen LogP) is 1.13. The van der Waals surface area contributed by atoms with Gasteiger partial charge >= 0.3 is 0 Å². The van der Waals surface area contributed by atoms with Crippen molar-refractivity contribution in [2.24, 2.45) is 0 Å². The minimum absolute atomic E-state index is 0.0630. The molecular formula is C14H18N4O3S2. The van der Waals surface area contributed by atoms with Gasteiger partial charge in [0.1, 0.15) is 4.90 Å².